The third-order valence-corrected chi connectivity index (χ3v) is 5.98. The van der Waals surface area contributed by atoms with Crippen LogP contribution < -0.4 is 16.0 Å². The minimum Gasteiger partial charge on any atom is -0.366 e. The smallest absolute Gasteiger partial charge is 0.253 e. The molecular formula is C12H12I3N3O3. The zero-order valence-electron chi connectivity index (χ0n) is 11.4. The van der Waals surface area contributed by atoms with E-state index in [1.165, 1.54) is 18.9 Å². The van der Waals surface area contributed by atoms with Crippen LogP contribution in [0.2, 0.25) is 0 Å². The summed E-state index contributed by atoms with van der Waals surface area (Å²) in [6.07, 6.45) is 0. The molecule has 9 heteroatoms. The SMILES string of the molecule is CNC(=O)c1c(I)c(C(N)=O)c(I)c(N(C)C(C)=O)c1I. The van der Waals surface area contributed by atoms with Crippen LogP contribution in [0.4, 0.5) is 5.69 Å². The molecule has 1 aromatic rings. The Morgan fingerprint density at radius 3 is 1.90 bits per heavy atom. The molecule has 0 spiro atoms. The number of carbonyl (C=O) groups is 3. The highest BCUT2D eigenvalue weighted by atomic mass is 127. The zero-order valence-corrected chi connectivity index (χ0v) is 17.9. The van der Waals surface area contributed by atoms with Crippen molar-refractivity contribution in [2.45, 2.75) is 6.92 Å². The van der Waals surface area contributed by atoms with Crippen molar-refractivity contribution in [3.05, 3.63) is 21.8 Å². The van der Waals surface area contributed by atoms with Gasteiger partial charge in [-0.2, -0.15) is 0 Å². The van der Waals surface area contributed by atoms with Crippen LogP contribution in [-0.4, -0.2) is 31.8 Å². The lowest BCUT2D eigenvalue weighted by atomic mass is 10.1. The lowest BCUT2D eigenvalue weighted by Gasteiger charge is -2.23. The number of primary amides is 1. The van der Waals surface area contributed by atoms with Crippen LogP contribution in [0.5, 0.6) is 0 Å². The van der Waals surface area contributed by atoms with Gasteiger partial charge in [-0.15, -0.1) is 0 Å². The van der Waals surface area contributed by atoms with Gasteiger partial charge < -0.3 is 16.0 Å². The standard InChI is InChI=1S/C12H12I3N3O3/c1-4(19)18(3)10-8(14)5(11(16)20)7(13)6(9(10)15)12(21)17-2/h1-3H3,(H2,16,20)(H,17,21). The second kappa shape index (κ2) is 7.39. The fourth-order valence-corrected chi connectivity index (χ4v) is 6.55. The van der Waals surface area contributed by atoms with E-state index in [2.05, 4.69) is 5.32 Å². The summed E-state index contributed by atoms with van der Waals surface area (Å²) in [5.41, 5.74) is 6.54. The van der Waals surface area contributed by atoms with Crippen molar-refractivity contribution in [3.63, 3.8) is 0 Å². The van der Waals surface area contributed by atoms with Gasteiger partial charge in [0, 0.05) is 24.6 Å². The molecule has 0 unspecified atom stereocenters. The topological polar surface area (TPSA) is 92.5 Å². The molecular weight excluding hydrogens is 615 g/mol. The first-order chi connectivity index (χ1) is 9.64. The Kier molecular flexibility index (Phi) is 6.64. The average Bonchev–Trinajstić information content (AvgIpc) is 2.37. The summed E-state index contributed by atoms with van der Waals surface area (Å²) >= 11 is 5.90. The predicted molar refractivity (Wildman–Crippen MR) is 106 cm³/mol. The molecule has 1 aromatic carbocycles. The summed E-state index contributed by atoms with van der Waals surface area (Å²) in [6.45, 7) is 1.41. The predicted octanol–water partition coefficient (Wildman–Crippen LogP) is 1.94. The molecule has 0 radical (unpaired) electrons. The van der Waals surface area contributed by atoms with Gasteiger partial charge in [-0.05, 0) is 67.8 Å². The highest BCUT2D eigenvalue weighted by Crippen LogP contribution is 2.37. The third kappa shape index (κ3) is 3.60. The molecule has 3 amide bonds. The van der Waals surface area contributed by atoms with E-state index in [0.717, 1.165) is 0 Å². The van der Waals surface area contributed by atoms with Crippen molar-refractivity contribution in [3.8, 4) is 0 Å². The Labute approximate surface area is 163 Å². The summed E-state index contributed by atoms with van der Waals surface area (Å²) in [5, 5.41) is 2.54. The zero-order chi connectivity index (χ0) is 16.5. The molecule has 0 fully saturated rings. The highest BCUT2D eigenvalue weighted by molar-refractivity contribution is 14.1. The van der Waals surface area contributed by atoms with Crippen molar-refractivity contribution < 1.29 is 14.4 Å². The second-order valence-corrected chi connectivity index (χ2v) is 7.30. The van der Waals surface area contributed by atoms with E-state index in [-0.39, 0.29) is 17.4 Å². The number of hydrogen-bond donors (Lipinski definition) is 2. The van der Waals surface area contributed by atoms with Gasteiger partial charge in [-0.25, -0.2) is 0 Å². The van der Waals surface area contributed by atoms with Gasteiger partial charge in [0.2, 0.25) is 5.91 Å². The van der Waals surface area contributed by atoms with Crippen LogP contribution >= 0.6 is 67.8 Å². The number of rotatable bonds is 3. The number of amides is 3. The van der Waals surface area contributed by atoms with E-state index in [0.29, 0.717) is 22.0 Å². The van der Waals surface area contributed by atoms with Gasteiger partial charge in [-0.1, -0.05) is 0 Å². The van der Waals surface area contributed by atoms with Crippen molar-refractivity contribution >= 4 is 91.2 Å². The lowest BCUT2D eigenvalue weighted by molar-refractivity contribution is -0.116. The van der Waals surface area contributed by atoms with Crippen LogP contribution in [0.25, 0.3) is 0 Å². The maximum atomic E-state index is 12.1. The Morgan fingerprint density at radius 1 is 1.05 bits per heavy atom. The third-order valence-electron chi connectivity index (χ3n) is 2.80. The number of carbonyl (C=O) groups excluding carboxylic acids is 3. The van der Waals surface area contributed by atoms with E-state index in [4.69, 9.17) is 5.73 Å². The molecule has 0 saturated carbocycles. The van der Waals surface area contributed by atoms with E-state index >= 15 is 0 Å². The second-order valence-electron chi connectivity index (χ2n) is 4.06. The monoisotopic (exact) mass is 627 g/mol. The summed E-state index contributed by atoms with van der Waals surface area (Å²) < 4.78 is 1.64. The quantitative estimate of drug-likeness (QED) is 0.503. The molecule has 0 heterocycles. The van der Waals surface area contributed by atoms with Gasteiger partial charge in [0.15, 0.2) is 0 Å². The number of nitrogens with two attached hydrogens (primary N) is 1. The molecule has 21 heavy (non-hydrogen) atoms. The maximum Gasteiger partial charge on any atom is 0.253 e. The van der Waals surface area contributed by atoms with Crippen LogP contribution in [0, 0.1) is 10.7 Å². The van der Waals surface area contributed by atoms with E-state index in [1.54, 1.807) is 7.05 Å². The highest BCUT2D eigenvalue weighted by Gasteiger charge is 2.28. The Hall–Kier alpha value is -0.180. The van der Waals surface area contributed by atoms with Crippen molar-refractivity contribution in [1.82, 2.24) is 5.32 Å². The molecule has 0 aliphatic heterocycles. The molecule has 0 atom stereocenters. The van der Waals surface area contributed by atoms with Crippen LogP contribution in [0.1, 0.15) is 27.6 Å². The summed E-state index contributed by atoms with van der Waals surface area (Å²) in [5.74, 6) is -1.17. The fraction of sp³-hybridized carbons (Fsp3) is 0.250. The number of nitrogens with one attached hydrogen (secondary N) is 1. The number of nitrogens with zero attached hydrogens (tertiary/aromatic N) is 1. The minimum absolute atomic E-state index is 0.203. The maximum absolute atomic E-state index is 12.1. The molecule has 0 bridgehead atoms. The molecule has 6 nitrogen and oxygen atoms in total. The summed E-state index contributed by atoms with van der Waals surface area (Å²) in [6, 6.07) is 0. The fourth-order valence-electron chi connectivity index (χ4n) is 1.64. The van der Waals surface area contributed by atoms with E-state index in [9.17, 15) is 14.4 Å². The van der Waals surface area contributed by atoms with Gasteiger partial charge in [0.1, 0.15) is 0 Å². The summed E-state index contributed by atoms with van der Waals surface area (Å²) in [7, 11) is 3.10. The number of benzene rings is 1. The van der Waals surface area contributed by atoms with Gasteiger partial charge in [0.25, 0.3) is 11.8 Å². The molecule has 0 aliphatic carbocycles. The molecule has 0 aliphatic rings. The first-order valence-electron chi connectivity index (χ1n) is 5.61. The number of anilines is 1. The first kappa shape index (κ1) is 18.9. The molecule has 0 aromatic heterocycles. The normalized spacial score (nSPS) is 10.2. The molecule has 114 valence electrons. The summed E-state index contributed by atoms with van der Waals surface area (Å²) in [4.78, 5) is 36.9. The lowest BCUT2D eigenvalue weighted by Crippen LogP contribution is -2.30. The van der Waals surface area contributed by atoms with Gasteiger partial charge in [0.05, 0.1) is 24.0 Å². The Bertz CT molecular complexity index is 647. The van der Waals surface area contributed by atoms with Crippen molar-refractivity contribution in [2.24, 2.45) is 5.73 Å². The largest absolute Gasteiger partial charge is 0.366 e. The van der Waals surface area contributed by atoms with Crippen LogP contribution in [0.15, 0.2) is 0 Å². The van der Waals surface area contributed by atoms with Gasteiger partial charge >= 0.3 is 0 Å². The van der Waals surface area contributed by atoms with Crippen LogP contribution in [0.3, 0.4) is 0 Å². The number of hydrogen-bond acceptors (Lipinski definition) is 3. The molecule has 0 saturated heterocycles. The molecule has 1 rings (SSSR count). The van der Waals surface area contributed by atoms with E-state index in [1.807, 2.05) is 67.8 Å². The Balaban J connectivity index is 3.89. The number of halogens is 3. The van der Waals surface area contributed by atoms with E-state index < -0.39 is 5.91 Å². The molecule has 3 N–H and O–H groups in total. The van der Waals surface area contributed by atoms with Crippen LogP contribution in [-0.2, 0) is 4.79 Å². The average molecular weight is 627 g/mol. The first-order valence-corrected chi connectivity index (χ1v) is 8.85. The van der Waals surface area contributed by atoms with Crippen molar-refractivity contribution in [2.75, 3.05) is 19.0 Å². The van der Waals surface area contributed by atoms with Gasteiger partial charge in [-0.3, -0.25) is 14.4 Å². The Morgan fingerprint density at radius 2 is 1.52 bits per heavy atom. The minimum atomic E-state index is -0.636. The van der Waals surface area contributed by atoms with Crippen molar-refractivity contribution in [1.29, 1.82) is 0 Å².